The van der Waals surface area contributed by atoms with E-state index in [1.807, 2.05) is 4.90 Å². The topological polar surface area (TPSA) is 43.9 Å². The highest BCUT2D eigenvalue weighted by Crippen LogP contribution is 2.30. The summed E-state index contributed by atoms with van der Waals surface area (Å²) in [4.78, 5) is 31.1. The molecule has 0 radical (unpaired) electrons. The molecular weight excluding hydrogens is 415 g/mol. The zero-order valence-electron chi connectivity index (χ0n) is 16.0. The number of hydrogen-bond donors (Lipinski definition) is 0. The fourth-order valence-electron chi connectivity index (χ4n) is 3.89. The van der Waals surface area contributed by atoms with E-state index in [2.05, 4.69) is 4.90 Å². The molecule has 0 saturated carbocycles. The minimum absolute atomic E-state index is 0.100. The maximum atomic E-state index is 13.1. The van der Waals surface area contributed by atoms with Crippen molar-refractivity contribution in [3.8, 4) is 0 Å². The van der Waals surface area contributed by atoms with E-state index in [9.17, 15) is 22.8 Å². The second-order valence-electron chi connectivity index (χ2n) is 7.16. The zero-order valence-corrected chi connectivity index (χ0v) is 16.8. The van der Waals surface area contributed by atoms with Gasteiger partial charge in [0.05, 0.1) is 18.2 Å². The number of imide groups is 1. The minimum Gasteiger partial charge on any atom is -0.369 e. The standard InChI is InChI=1S/C21H20F3N3O2S/c22-14-1-3-15(4-2-14)25-9-11-26(12-10-25)18-13-19(28)27(20(18)29)16-5-7-17(8-6-16)30-21(23)24/h1-8,18,21H,9-13H2/t18-/m0/s1. The Kier molecular flexibility index (Phi) is 6.01. The largest absolute Gasteiger partial charge is 0.369 e. The molecule has 0 aliphatic carbocycles. The van der Waals surface area contributed by atoms with E-state index in [1.54, 1.807) is 12.1 Å². The monoisotopic (exact) mass is 435 g/mol. The van der Waals surface area contributed by atoms with E-state index in [-0.39, 0.29) is 24.1 Å². The molecule has 2 aliphatic rings. The molecule has 0 unspecified atom stereocenters. The second-order valence-corrected chi connectivity index (χ2v) is 8.22. The van der Waals surface area contributed by atoms with Gasteiger partial charge in [-0.1, -0.05) is 11.8 Å². The maximum Gasteiger partial charge on any atom is 0.288 e. The maximum absolute atomic E-state index is 13.1. The first kappa shape index (κ1) is 20.7. The van der Waals surface area contributed by atoms with Crippen LogP contribution in [0.25, 0.3) is 0 Å². The third-order valence-electron chi connectivity index (χ3n) is 5.39. The quantitative estimate of drug-likeness (QED) is 0.531. The van der Waals surface area contributed by atoms with E-state index >= 15 is 0 Å². The van der Waals surface area contributed by atoms with Crippen LogP contribution in [0, 0.1) is 5.82 Å². The number of amides is 2. The van der Waals surface area contributed by atoms with Gasteiger partial charge in [0.2, 0.25) is 5.91 Å². The van der Waals surface area contributed by atoms with Crippen LogP contribution in [0.3, 0.4) is 0 Å². The smallest absolute Gasteiger partial charge is 0.288 e. The number of thioether (sulfide) groups is 1. The Balaban J connectivity index is 1.40. The summed E-state index contributed by atoms with van der Waals surface area (Å²) in [5, 5.41) is 0. The van der Waals surface area contributed by atoms with E-state index < -0.39 is 11.8 Å². The third-order valence-corrected chi connectivity index (χ3v) is 6.11. The predicted molar refractivity (Wildman–Crippen MR) is 109 cm³/mol. The van der Waals surface area contributed by atoms with Gasteiger partial charge in [-0.05, 0) is 48.5 Å². The SMILES string of the molecule is O=C1C[C@H](N2CCN(c3ccc(F)cc3)CC2)C(=O)N1c1ccc(SC(F)F)cc1. The van der Waals surface area contributed by atoms with Gasteiger partial charge in [-0.25, -0.2) is 9.29 Å². The van der Waals surface area contributed by atoms with Crippen LogP contribution in [0.2, 0.25) is 0 Å². The number of nitrogens with zero attached hydrogens (tertiary/aromatic N) is 3. The molecule has 2 fully saturated rings. The molecule has 1 atom stereocenters. The number of carbonyl (C=O) groups excluding carboxylic acids is 2. The normalized spacial score (nSPS) is 20.5. The molecule has 2 amide bonds. The molecule has 5 nitrogen and oxygen atoms in total. The van der Waals surface area contributed by atoms with Gasteiger partial charge in [0.25, 0.3) is 11.7 Å². The Morgan fingerprint density at radius 2 is 1.47 bits per heavy atom. The molecule has 2 aliphatic heterocycles. The van der Waals surface area contributed by atoms with Crippen molar-refractivity contribution in [1.29, 1.82) is 0 Å². The number of halogens is 3. The highest BCUT2D eigenvalue weighted by atomic mass is 32.2. The molecular formula is C21H20F3N3O2S. The molecule has 158 valence electrons. The van der Waals surface area contributed by atoms with Crippen molar-refractivity contribution in [2.75, 3.05) is 36.0 Å². The van der Waals surface area contributed by atoms with Crippen molar-refractivity contribution < 1.29 is 22.8 Å². The summed E-state index contributed by atoms with van der Waals surface area (Å²) < 4.78 is 38.1. The van der Waals surface area contributed by atoms with Gasteiger partial charge in [0.1, 0.15) is 5.82 Å². The Labute approximate surface area is 176 Å². The van der Waals surface area contributed by atoms with Crippen LogP contribution in [-0.4, -0.2) is 54.7 Å². The number of carbonyl (C=O) groups is 2. The summed E-state index contributed by atoms with van der Waals surface area (Å²) in [6.45, 7) is 2.56. The number of anilines is 2. The van der Waals surface area contributed by atoms with Crippen molar-refractivity contribution in [1.82, 2.24) is 4.90 Å². The van der Waals surface area contributed by atoms with Crippen molar-refractivity contribution in [2.45, 2.75) is 23.1 Å². The summed E-state index contributed by atoms with van der Waals surface area (Å²) in [5.74, 6) is -3.39. The number of benzene rings is 2. The number of rotatable bonds is 5. The zero-order chi connectivity index (χ0) is 21.3. The lowest BCUT2D eigenvalue weighted by molar-refractivity contribution is -0.123. The molecule has 30 heavy (non-hydrogen) atoms. The van der Waals surface area contributed by atoms with E-state index in [1.165, 1.54) is 36.4 Å². The molecule has 0 spiro atoms. The van der Waals surface area contributed by atoms with Gasteiger partial charge in [0.15, 0.2) is 0 Å². The molecule has 4 rings (SSSR count). The molecule has 2 heterocycles. The Morgan fingerprint density at radius 3 is 2.07 bits per heavy atom. The van der Waals surface area contributed by atoms with Crippen LogP contribution in [0.15, 0.2) is 53.4 Å². The van der Waals surface area contributed by atoms with Crippen LogP contribution in [-0.2, 0) is 9.59 Å². The molecule has 2 aromatic rings. The Morgan fingerprint density at radius 1 is 0.867 bits per heavy atom. The lowest BCUT2D eigenvalue weighted by Crippen LogP contribution is -2.52. The number of hydrogen-bond acceptors (Lipinski definition) is 5. The Hall–Kier alpha value is -2.52. The highest BCUT2D eigenvalue weighted by Gasteiger charge is 2.43. The highest BCUT2D eigenvalue weighted by molar-refractivity contribution is 7.99. The van der Waals surface area contributed by atoms with Gasteiger partial charge < -0.3 is 4.90 Å². The fraction of sp³-hybridized carbons (Fsp3) is 0.333. The number of piperazine rings is 1. The third kappa shape index (κ3) is 4.32. The molecule has 0 aromatic heterocycles. The van der Waals surface area contributed by atoms with Gasteiger partial charge >= 0.3 is 0 Å². The molecule has 0 bridgehead atoms. The van der Waals surface area contributed by atoms with E-state index in [4.69, 9.17) is 0 Å². The van der Waals surface area contributed by atoms with E-state index in [0.29, 0.717) is 48.5 Å². The van der Waals surface area contributed by atoms with Crippen LogP contribution in [0.1, 0.15) is 6.42 Å². The van der Waals surface area contributed by atoms with Crippen LogP contribution >= 0.6 is 11.8 Å². The first-order valence-corrected chi connectivity index (χ1v) is 10.5. The van der Waals surface area contributed by atoms with Crippen molar-refractivity contribution in [3.63, 3.8) is 0 Å². The average molecular weight is 435 g/mol. The predicted octanol–water partition coefficient (Wildman–Crippen LogP) is 3.59. The molecule has 9 heteroatoms. The van der Waals surface area contributed by atoms with Gasteiger partial charge in [0, 0.05) is 36.8 Å². The van der Waals surface area contributed by atoms with Gasteiger partial charge in [-0.3, -0.25) is 14.5 Å². The van der Waals surface area contributed by atoms with Gasteiger partial charge in [-0.15, -0.1) is 0 Å². The Bertz CT molecular complexity index is 916. The first-order chi connectivity index (χ1) is 14.4. The minimum atomic E-state index is -2.52. The average Bonchev–Trinajstić information content (AvgIpc) is 3.03. The summed E-state index contributed by atoms with van der Waals surface area (Å²) >= 11 is 0.418. The lowest BCUT2D eigenvalue weighted by Gasteiger charge is -2.38. The first-order valence-electron chi connectivity index (χ1n) is 9.58. The van der Waals surface area contributed by atoms with Crippen LogP contribution in [0.5, 0.6) is 0 Å². The molecule has 2 saturated heterocycles. The summed E-state index contributed by atoms with van der Waals surface area (Å²) in [7, 11) is 0. The summed E-state index contributed by atoms with van der Waals surface area (Å²) in [5.41, 5.74) is 1.32. The van der Waals surface area contributed by atoms with Crippen molar-refractivity contribution in [3.05, 3.63) is 54.3 Å². The van der Waals surface area contributed by atoms with E-state index in [0.717, 1.165) is 10.6 Å². The van der Waals surface area contributed by atoms with Gasteiger partial charge in [-0.2, -0.15) is 8.78 Å². The van der Waals surface area contributed by atoms with Crippen molar-refractivity contribution in [2.24, 2.45) is 0 Å². The summed E-state index contributed by atoms with van der Waals surface area (Å²) in [6.07, 6.45) is 0.100. The van der Waals surface area contributed by atoms with Crippen LogP contribution < -0.4 is 9.80 Å². The van der Waals surface area contributed by atoms with Crippen molar-refractivity contribution >= 4 is 35.0 Å². The lowest BCUT2D eigenvalue weighted by atomic mass is 10.1. The molecule has 2 aromatic carbocycles. The van der Waals surface area contributed by atoms with Crippen LogP contribution in [0.4, 0.5) is 24.5 Å². The molecule has 0 N–H and O–H groups in total. The number of alkyl halides is 2. The summed E-state index contributed by atoms with van der Waals surface area (Å²) in [6, 6.07) is 11.8. The second kappa shape index (κ2) is 8.69. The fourth-order valence-corrected chi connectivity index (χ4v) is 4.39.